The Morgan fingerprint density at radius 1 is 0.526 bits per heavy atom. The molecular weight excluding hydrogens is 512 g/mol. The molecule has 2 aromatic rings. The summed E-state index contributed by atoms with van der Waals surface area (Å²) in [6.45, 7) is 13.1. The SMILES string of the molecule is CC(C)(C)c1cc2c3c(c1)CS(=O)(=O)CCCCCCCS(=O)(=O)Cc1cc(C(C)(C)C)cc(c1CC3)C2. The molecule has 0 atom stereocenters. The average molecular weight is 559 g/mol. The highest BCUT2D eigenvalue weighted by atomic mass is 32.2. The van der Waals surface area contributed by atoms with Crippen LogP contribution in [0, 0.1) is 0 Å². The van der Waals surface area contributed by atoms with Crippen LogP contribution in [0.1, 0.15) is 118 Å². The molecule has 6 heteroatoms. The lowest BCUT2D eigenvalue weighted by Crippen LogP contribution is -2.17. The summed E-state index contributed by atoms with van der Waals surface area (Å²) in [5.41, 5.74) is 8.68. The first kappa shape index (κ1) is 29.3. The fourth-order valence-corrected chi connectivity index (χ4v) is 8.96. The van der Waals surface area contributed by atoms with Crippen molar-refractivity contribution in [3.05, 3.63) is 68.8 Å². The largest absolute Gasteiger partial charge is 0.228 e. The quantitative estimate of drug-likeness (QED) is 0.358. The first-order chi connectivity index (χ1) is 17.5. The van der Waals surface area contributed by atoms with Crippen molar-refractivity contribution in [2.24, 2.45) is 0 Å². The van der Waals surface area contributed by atoms with Gasteiger partial charge in [-0.25, -0.2) is 16.8 Å². The molecule has 2 bridgehead atoms. The van der Waals surface area contributed by atoms with Crippen LogP contribution in [0.25, 0.3) is 0 Å². The van der Waals surface area contributed by atoms with E-state index in [2.05, 4.69) is 65.8 Å². The molecule has 0 aromatic heterocycles. The molecule has 0 fully saturated rings. The number of fused-ring (bicyclic) bond motifs is 1. The van der Waals surface area contributed by atoms with E-state index < -0.39 is 19.7 Å². The molecule has 0 saturated carbocycles. The van der Waals surface area contributed by atoms with Crippen LogP contribution in [0.3, 0.4) is 0 Å². The van der Waals surface area contributed by atoms with Crippen LogP contribution in [-0.4, -0.2) is 28.3 Å². The normalized spacial score (nSPS) is 20.5. The Balaban J connectivity index is 1.92. The van der Waals surface area contributed by atoms with Gasteiger partial charge < -0.3 is 0 Å². The first-order valence-corrected chi connectivity index (χ1v) is 17.9. The van der Waals surface area contributed by atoms with Crippen molar-refractivity contribution in [2.45, 2.75) is 115 Å². The summed E-state index contributed by atoms with van der Waals surface area (Å²) in [5, 5.41) is 0. The molecule has 1 aliphatic heterocycles. The van der Waals surface area contributed by atoms with Gasteiger partial charge in [-0.1, -0.05) is 85.1 Å². The molecule has 0 amide bonds. The standard InChI is InChI=1S/C32H46O4S2/c1-31(2,3)27-17-23-16-24-18-28(32(4,5)6)20-26-22-38(35,36)15-11-9-7-8-10-14-37(33,34)21-25(19-27)29(23)12-13-30(24)26/h17-20H,7-16,21-22H2,1-6H3. The van der Waals surface area contributed by atoms with Crippen LogP contribution in [0.5, 0.6) is 0 Å². The molecule has 1 heterocycles. The fourth-order valence-electron chi connectivity index (χ4n) is 5.92. The second-order valence-corrected chi connectivity index (χ2v) is 18.0. The smallest absolute Gasteiger partial charge is 0.154 e. The summed E-state index contributed by atoms with van der Waals surface area (Å²) in [5.74, 6) is 0.562. The maximum absolute atomic E-state index is 13.3. The Labute approximate surface area is 231 Å². The van der Waals surface area contributed by atoms with Gasteiger partial charge in [-0.15, -0.1) is 0 Å². The van der Waals surface area contributed by atoms with E-state index in [4.69, 9.17) is 0 Å². The molecule has 210 valence electrons. The second kappa shape index (κ2) is 10.7. The van der Waals surface area contributed by atoms with Gasteiger partial charge in [0.2, 0.25) is 0 Å². The predicted molar refractivity (Wildman–Crippen MR) is 159 cm³/mol. The predicted octanol–water partition coefficient (Wildman–Crippen LogP) is 6.76. The topological polar surface area (TPSA) is 68.3 Å². The molecule has 0 spiro atoms. The summed E-state index contributed by atoms with van der Waals surface area (Å²) in [6, 6.07) is 8.82. The van der Waals surface area contributed by atoms with Crippen molar-refractivity contribution < 1.29 is 16.8 Å². The highest BCUT2D eigenvalue weighted by Gasteiger charge is 2.28. The molecule has 0 unspecified atom stereocenters. The Morgan fingerprint density at radius 2 is 0.868 bits per heavy atom. The highest BCUT2D eigenvalue weighted by Crippen LogP contribution is 2.37. The van der Waals surface area contributed by atoms with Crippen LogP contribution >= 0.6 is 0 Å². The fraction of sp³-hybridized carbons (Fsp3) is 0.625. The lowest BCUT2D eigenvalue weighted by atomic mass is 9.81. The van der Waals surface area contributed by atoms with Crippen LogP contribution in [0.15, 0.2) is 24.3 Å². The zero-order chi connectivity index (χ0) is 27.9. The van der Waals surface area contributed by atoms with Gasteiger partial charge in [0, 0.05) is 0 Å². The van der Waals surface area contributed by atoms with E-state index >= 15 is 0 Å². The Bertz CT molecular complexity index is 1300. The lowest BCUT2D eigenvalue weighted by Gasteiger charge is -2.25. The summed E-state index contributed by atoms with van der Waals surface area (Å²) in [7, 11) is -6.48. The lowest BCUT2D eigenvalue weighted by molar-refractivity contribution is 0.578. The maximum atomic E-state index is 13.3. The minimum absolute atomic E-state index is 0.0874. The summed E-state index contributed by atoms with van der Waals surface area (Å²) >= 11 is 0. The maximum Gasteiger partial charge on any atom is 0.154 e. The Kier molecular flexibility index (Phi) is 8.28. The van der Waals surface area contributed by atoms with Crippen molar-refractivity contribution in [3.8, 4) is 0 Å². The third kappa shape index (κ3) is 7.10. The third-order valence-corrected chi connectivity index (χ3v) is 11.6. The zero-order valence-electron chi connectivity index (χ0n) is 24.2. The zero-order valence-corrected chi connectivity index (χ0v) is 25.9. The molecule has 0 N–H and O–H groups in total. The molecular formula is C32H46O4S2. The van der Waals surface area contributed by atoms with E-state index in [1.807, 2.05) is 0 Å². The van der Waals surface area contributed by atoms with Gasteiger partial charge in [0.05, 0.1) is 23.0 Å². The average Bonchev–Trinajstić information content (AvgIpc) is 2.95. The Hall–Kier alpha value is -1.66. The van der Waals surface area contributed by atoms with Crippen LogP contribution in [0.2, 0.25) is 0 Å². The van der Waals surface area contributed by atoms with Gasteiger partial charge in [-0.2, -0.15) is 0 Å². The second-order valence-electron chi connectivity index (χ2n) is 13.7. The van der Waals surface area contributed by atoms with E-state index in [-0.39, 0.29) is 33.8 Å². The van der Waals surface area contributed by atoms with E-state index in [0.29, 0.717) is 19.3 Å². The number of benzene rings is 2. The van der Waals surface area contributed by atoms with Gasteiger partial charge in [0.1, 0.15) is 0 Å². The number of sulfone groups is 2. The molecule has 2 aromatic carbocycles. The summed E-state index contributed by atoms with van der Waals surface area (Å²) in [6.07, 6.45) is 5.96. The third-order valence-electron chi connectivity index (χ3n) is 8.27. The molecule has 38 heavy (non-hydrogen) atoms. The molecule has 4 nitrogen and oxygen atoms in total. The van der Waals surface area contributed by atoms with Gasteiger partial charge in [0.25, 0.3) is 0 Å². The van der Waals surface area contributed by atoms with Crippen molar-refractivity contribution in [2.75, 3.05) is 11.5 Å². The van der Waals surface area contributed by atoms with Crippen LogP contribution in [-0.2, 0) is 61.3 Å². The van der Waals surface area contributed by atoms with Gasteiger partial charge in [-0.3, -0.25) is 0 Å². The minimum Gasteiger partial charge on any atom is -0.228 e. The van der Waals surface area contributed by atoms with E-state index in [1.165, 1.54) is 11.1 Å². The molecule has 4 rings (SSSR count). The van der Waals surface area contributed by atoms with Crippen molar-refractivity contribution in [1.82, 2.24) is 0 Å². The number of hydrogen-bond acceptors (Lipinski definition) is 4. The van der Waals surface area contributed by atoms with Crippen LogP contribution < -0.4 is 0 Å². The van der Waals surface area contributed by atoms with Gasteiger partial charge in [-0.05, 0) is 87.4 Å². The van der Waals surface area contributed by atoms with Gasteiger partial charge in [0.15, 0.2) is 19.7 Å². The number of hydrogen-bond donors (Lipinski definition) is 0. The van der Waals surface area contributed by atoms with Crippen LogP contribution in [0.4, 0.5) is 0 Å². The van der Waals surface area contributed by atoms with E-state index in [1.54, 1.807) is 0 Å². The van der Waals surface area contributed by atoms with E-state index in [9.17, 15) is 16.8 Å². The van der Waals surface area contributed by atoms with Crippen molar-refractivity contribution >= 4 is 19.7 Å². The Morgan fingerprint density at radius 3 is 1.24 bits per heavy atom. The minimum atomic E-state index is -3.24. The van der Waals surface area contributed by atoms with Crippen molar-refractivity contribution in [3.63, 3.8) is 0 Å². The van der Waals surface area contributed by atoms with E-state index in [0.717, 1.165) is 65.5 Å². The molecule has 0 radical (unpaired) electrons. The number of rotatable bonds is 0. The molecule has 1 aliphatic carbocycles. The summed E-state index contributed by atoms with van der Waals surface area (Å²) < 4.78 is 53.1. The van der Waals surface area contributed by atoms with Crippen molar-refractivity contribution in [1.29, 1.82) is 0 Å². The van der Waals surface area contributed by atoms with Gasteiger partial charge >= 0.3 is 0 Å². The summed E-state index contributed by atoms with van der Waals surface area (Å²) in [4.78, 5) is 0. The monoisotopic (exact) mass is 558 g/mol. The molecule has 0 saturated heterocycles. The molecule has 2 aliphatic rings. The highest BCUT2D eigenvalue weighted by molar-refractivity contribution is 7.90. The first-order valence-electron chi connectivity index (χ1n) is 14.3.